The second-order valence-electron chi connectivity index (χ2n) is 15.6. The van der Waals surface area contributed by atoms with E-state index in [0.717, 1.165) is 44.6 Å². The van der Waals surface area contributed by atoms with Crippen LogP contribution in [0.2, 0.25) is 0 Å². The van der Waals surface area contributed by atoms with Crippen molar-refractivity contribution in [3.05, 3.63) is 247 Å². The standard InChI is InChI=1S/C57H37NO/c1-4-18-38(19-5-1)40-21-16-26-43(36-40)58(51-32-17-31-48-46-29-14-15-33-53(46)59-56(48)51)52-37-50-55(47-30-13-12-28-45(47)52)54-44-27-11-10-20-39(44)34-35-49(54)57(50,41-22-6-2-7-23-41)42-24-8-3-9-25-42/h1-37H. The van der Waals surface area contributed by atoms with E-state index in [1.54, 1.807) is 0 Å². The molecule has 0 bridgehead atoms. The van der Waals surface area contributed by atoms with E-state index in [9.17, 15) is 0 Å². The first-order chi connectivity index (χ1) is 29.3. The topological polar surface area (TPSA) is 16.4 Å². The number of benzene rings is 10. The van der Waals surface area contributed by atoms with Gasteiger partial charge in [0.2, 0.25) is 0 Å². The fourth-order valence-corrected chi connectivity index (χ4v) is 10.0. The van der Waals surface area contributed by atoms with Crippen molar-refractivity contribution in [2.75, 3.05) is 4.90 Å². The molecule has 2 nitrogen and oxygen atoms in total. The highest BCUT2D eigenvalue weighted by atomic mass is 16.3. The second kappa shape index (κ2) is 13.2. The van der Waals surface area contributed by atoms with Gasteiger partial charge in [-0.25, -0.2) is 0 Å². The van der Waals surface area contributed by atoms with Gasteiger partial charge in [0.15, 0.2) is 5.58 Å². The normalized spacial score (nSPS) is 12.9. The maximum Gasteiger partial charge on any atom is 0.159 e. The van der Waals surface area contributed by atoms with E-state index in [4.69, 9.17) is 4.42 Å². The molecule has 10 aromatic carbocycles. The molecule has 0 saturated heterocycles. The van der Waals surface area contributed by atoms with Gasteiger partial charge in [-0.3, -0.25) is 0 Å². The first kappa shape index (κ1) is 33.5. The van der Waals surface area contributed by atoms with E-state index < -0.39 is 5.41 Å². The minimum atomic E-state index is -0.612. The molecule has 11 aromatic rings. The van der Waals surface area contributed by atoms with Crippen molar-refractivity contribution in [2.45, 2.75) is 5.41 Å². The summed E-state index contributed by atoms with van der Waals surface area (Å²) >= 11 is 0. The number of hydrogen-bond acceptors (Lipinski definition) is 2. The predicted molar refractivity (Wildman–Crippen MR) is 246 cm³/mol. The summed E-state index contributed by atoms with van der Waals surface area (Å²) in [6.45, 7) is 0. The van der Waals surface area contributed by atoms with Crippen LogP contribution in [0.4, 0.5) is 17.1 Å². The Morgan fingerprint density at radius 2 is 0.932 bits per heavy atom. The third-order valence-corrected chi connectivity index (χ3v) is 12.5. The van der Waals surface area contributed by atoms with Gasteiger partial charge in [0, 0.05) is 21.8 Å². The molecule has 0 N–H and O–H groups in total. The minimum absolute atomic E-state index is 0.612. The SMILES string of the molecule is c1ccc(-c2cccc(N(c3cc4c(c5ccccc35)-c3c(ccc5ccccc35)C4(c3ccccc3)c3ccccc3)c3cccc4c3oc3ccccc34)c2)cc1. The molecule has 0 saturated carbocycles. The van der Waals surface area contributed by atoms with E-state index in [1.165, 1.54) is 60.5 Å². The summed E-state index contributed by atoms with van der Waals surface area (Å²) in [5.74, 6) is 0. The summed E-state index contributed by atoms with van der Waals surface area (Å²) < 4.78 is 6.86. The van der Waals surface area contributed by atoms with Crippen molar-refractivity contribution in [2.24, 2.45) is 0 Å². The molecule has 0 spiro atoms. The number of anilines is 3. The van der Waals surface area contributed by atoms with Crippen LogP contribution in [0.1, 0.15) is 22.3 Å². The van der Waals surface area contributed by atoms with Crippen LogP contribution >= 0.6 is 0 Å². The number of rotatable bonds is 6. The van der Waals surface area contributed by atoms with Crippen molar-refractivity contribution in [1.29, 1.82) is 0 Å². The van der Waals surface area contributed by atoms with E-state index in [0.29, 0.717) is 0 Å². The van der Waals surface area contributed by atoms with Gasteiger partial charge >= 0.3 is 0 Å². The number of fused-ring (bicyclic) bond motifs is 10. The van der Waals surface area contributed by atoms with Crippen LogP contribution in [-0.2, 0) is 5.41 Å². The third-order valence-electron chi connectivity index (χ3n) is 12.5. The lowest BCUT2D eigenvalue weighted by Gasteiger charge is -2.35. The molecule has 276 valence electrons. The van der Waals surface area contributed by atoms with Crippen molar-refractivity contribution in [1.82, 2.24) is 0 Å². The predicted octanol–water partition coefficient (Wildman–Crippen LogP) is 15.4. The Morgan fingerprint density at radius 3 is 1.69 bits per heavy atom. The summed E-state index contributed by atoms with van der Waals surface area (Å²) in [5, 5.41) is 7.08. The molecule has 1 aromatic heterocycles. The summed E-state index contributed by atoms with van der Waals surface area (Å²) in [5.41, 5.74) is 14.2. The van der Waals surface area contributed by atoms with Gasteiger partial charge < -0.3 is 9.32 Å². The molecular formula is C57H37NO. The lowest BCUT2D eigenvalue weighted by molar-refractivity contribution is 0.669. The first-order valence-electron chi connectivity index (χ1n) is 20.3. The fraction of sp³-hybridized carbons (Fsp3) is 0.0175. The number of para-hydroxylation sites is 2. The van der Waals surface area contributed by atoms with Crippen LogP contribution in [-0.4, -0.2) is 0 Å². The Morgan fingerprint density at radius 1 is 0.356 bits per heavy atom. The molecular weight excluding hydrogens is 715 g/mol. The Labute approximate surface area is 342 Å². The zero-order valence-corrected chi connectivity index (χ0v) is 32.2. The van der Waals surface area contributed by atoms with E-state index in [2.05, 4.69) is 223 Å². The zero-order valence-electron chi connectivity index (χ0n) is 32.2. The summed E-state index contributed by atoms with van der Waals surface area (Å²) in [6.07, 6.45) is 0. The van der Waals surface area contributed by atoms with Crippen molar-refractivity contribution in [3.63, 3.8) is 0 Å². The molecule has 2 heteroatoms. The minimum Gasteiger partial charge on any atom is -0.454 e. The number of nitrogens with zero attached hydrogens (tertiary/aromatic N) is 1. The summed E-state index contributed by atoms with van der Waals surface area (Å²) in [4.78, 5) is 2.45. The molecule has 0 atom stereocenters. The van der Waals surface area contributed by atoms with Gasteiger partial charge in [-0.15, -0.1) is 0 Å². The van der Waals surface area contributed by atoms with Crippen LogP contribution in [0, 0.1) is 0 Å². The molecule has 12 rings (SSSR count). The van der Waals surface area contributed by atoms with Gasteiger partial charge in [-0.1, -0.05) is 194 Å². The lowest BCUT2D eigenvalue weighted by atomic mass is 9.67. The fourth-order valence-electron chi connectivity index (χ4n) is 10.0. The zero-order chi connectivity index (χ0) is 38.9. The maximum atomic E-state index is 6.86. The Kier molecular flexibility index (Phi) is 7.48. The quantitative estimate of drug-likeness (QED) is 0.168. The van der Waals surface area contributed by atoms with Crippen molar-refractivity contribution in [3.8, 4) is 22.3 Å². The molecule has 1 heterocycles. The largest absolute Gasteiger partial charge is 0.454 e. The Hall–Kier alpha value is -7.68. The highest BCUT2D eigenvalue weighted by molar-refractivity contribution is 6.17. The Balaban J connectivity index is 1.26. The lowest BCUT2D eigenvalue weighted by Crippen LogP contribution is -2.28. The molecule has 0 fully saturated rings. The van der Waals surface area contributed by atoms with Gasteiger partial charge in [-0.2, -0.15) is 0 Å². The van der Waals surface area contributed by atoms with Gasteiger partial charge in [0.05, 0.1) is 16.8 Å². The molecule has 1 aliphatic rings. The number of hydrogen-bond donors (Lipinski definition) is 0. The molecule has 0 amide bonds. The van der Waals surface area contributed by atoms with Crippen LogP contribution < -0.4 is 4.90 Å². The highest BCUT2D eigenvalue weighted by Crippen LogP contribution is 2.61. The van der Waals surface area contributed by atoms with Gasteiger partial charge in [0.1, 0.15) is 5.58 Å². The average molecular weight is 752 g/mol. The summed E-state index contributed by atoms with van der Waals surface area (Å²) in [7, 11) is 0. The van der Waals surface area contributed by atoms with Crippen LogP contribution in [0.15, 0.2) is 229 Å². The van der Waals surface area contributed by atoms with E-state index in [1.807, 2.05) is 6.07 Å². The van der Waals surface area contributed by atoms with Crippen LogP contribution in [0.25, 0.3) is 65.7 Å². The highest BCUT2D eigenvalue weighted by Gasteiger charge is 2.48. The molecule has 1 aliphatic carbocycles. The molecule has 59 heavy (non-hydrogen) atoms. The molecule has 0 unspecified atom stereocenters. The van der Waals surface area contributed by atoms with Gasteiger partial charge in [0.25, 0.3) is 0 Å². The monoisotopic (exact) mass is 751 g/mol. The second-order valence-corrected chi connectivity index (χ2v) is 15.6. The van der Waals surface area contributed by atoms with Crippen LogP contribution in [0.5, 0.6) is 0 Å². The van der Waals surface area contributed by atoms with Crippen molar-refractivity contribution >= 4 is 60.5 Å². The molecule has 0 radical (unpaired) electrons. The van der Waals surface area contributed by atoms with E-state index in [-0.39, 0.29) is 0 Å². The third kappa shape index (κ3) is 4.93. The first-order valence-corrected chi connectivity index (χ1v) is 20.3. The maximum absolute atomic E-state index is 6.86. The summed E-state index contributed by atoms with van der Waals surface area (Å²) in [6, 6.07) is 81.9. The van der Waals surface area contributed by atoms with E-state index >= 15 is 0 Å². The van der Waals surface area contributed by atoms with Crippen molar-refractivity contribution < 1.29 is 4.42 Å². The van der Waals surface area contributed by atoms with Crippen LogP contribution in [0.3, 0.4) is 0 Å². The van der Waals surface area contributed by atoms with Gasteiger partial charge in [-0.05, 0) is 91.0 Å². The average Bonchev–Trinajstić information content (AvgIpc) is 3.85. The smallest absolute Gasteiger partial charge is 0.159 e. The number of furan rings is 1. The molecule has 0 aliphatic heterocycles. The Bertz CT molecular complexity index is 3340.